The van der Waals surface area contributed by atoms with Gasteiger partial charge in [-0.15, -0.1) is 11.3 Å². The summed E-state index contributed by atoms with van der Waals surface area (Å²) >= 11 is 13.1. The predicted octanol–water partition coefficient (Wildman–Crippen LogP) is 4.18. The van der Waals surface area contributed by atoms with E-state index in [2.05, 4.69) is 31.9 Å². The molecule has 2 aromatic rings. The molecule has 104 valence electrons. The largest absolute Gasteiger partial charge is 0.389 e. The number of anilines is 1. The van der Waals surface area contributed by atoms with Crippen molar-refractivity contribution in [1.82, 2.24) is 0 Å². The summed E-state index contributed by atoms with van der Waals surface area (Å²) < 4.78 is 1.77. The Labute approximate surface area is 143 Å². The molecular weight excluding hydrogens is 424 g/mol. The molecule has 7 heteroatoms. The van der Waals surface area contributed by atoms with Crippen molar-refractivity contribution in [2.45, 2.75) is 0 Å². The van der Waals surface area contributed by atoms with Gasteiger partial charge in [-0.3, -0.25) is 4.79 Å². The molecular formula is C13H10Br2N2OS2. The third-order valence-corrected chi connectivity index (χ3v) is 6.16. The maximum atomic E-state index is 12.4. The monoisotopic (exact) mass is 432 g/mol. The van der Waals surface area contributed by atoms with Gasteiger partial charge in [-0.1, -0.05) is 24.4 Å². The van der Waals surface area contributed by atoms with E-state index in [1.54, 1.807) is 24.1 Å². The highest BCUT2D eigenvalue weighted by Crippen LogP contribution is 2.33. The molecule has 0 aliphatic rings. The number of hydrogen-bond donors (Lipinski definition) is 1. The highest BCUT2D eigenvalue weighted by Gasteiger charge is 2.17. The molecule has 2 N–H and O–H groups in total. The van der Waals surface area contributed by atoms with Gasteiger partial charge in [0.15, 0.2) is 0 Å². The molecule has 0 aliphatic carbocycles. The second-order valence-corrected chi connectivity index (χ2v) is 7.68. The molecule has 20 heavy (non-hydrogen) atoms. The van der Waals surface area contributed by atoms with Crippen LogP contribution >= 0.6 is 55.4 Å². The summed E-state index contributed by atoms with van der Waals surface area (Å²) in [6, 6.07) is 9.09. The molecule has 1 amide bonds. The van der Waals surface area contributed by atoms with E-state index in [1.165, 1.54) is 11.3 Å². The molecule has 0 radical (unpaired) electrons. The molecule has 0 unspecified atom stereocenters. The van der Waals surface area contributed by atoms with Gasteiger partial charge in [-0.25, -0.2) is 0 Å². The number of hydrogen-bond acceptors (Lipinski definition) is 3. The second-order valence-electron chi connectivity index (χ2n) is 4.01. The van der Waals surface area contributed by atoms with Crippen molar-refractivity contribution in [2.24, 2.45) is 5.73 Å². The number of nitrogens with two attached hydrogens (primary N) is 1. The van der Waals surface area contributed by atoms with E-state index < -0.39 is 0 Å². The third-order valence-electron chi connectivity index (χ3n) is 2.68. The van der Waals surface area contributed by atoms with Crippen molar-refractivity contribution < 1.29 is 4.79 Å². The number of halogens is 2. The van der Waals surface area contributed by atoms with Crippen LogP contribution in [0.5, 0.6) is 0 Å². The van der Waals surface area contributed by atoms with Crippen molar-refractivity contribution in [2.75, 3.05) is 11.9 Å². The van der Waals surface area contributed by atoms with Gasteiger partial charge in [-0.05, 0) is 50.1 Å². The zero-order chi connectivity index (χ0) is 14.9. The Morgan fingerprint density at radius 3 is 2.60 bits per heavy atom. The highest BCUT2D eigenvalue weighted by atomic mass is 79.9. The average Bonchev–Trinajstić information content (AvgIpc) is 2.77. The number of thiophene rings is 1. The summed E-state index contributed by atoms with van der Waals surface area (Å²) in [6.07, 6.45) is 0. The Kier molecular flexibility index (Phi) is 4.95. The lowest BCUT2D eigenvalue weighted by Crippen LogP contribution is -2.25. The zero-order valence-corrected chi connectivity index (χ0v) is 15.2. The third kappa shape index (κ3) is 3.28. The number of nitrogens with zero attached hydrogens (tertiary/aromatic N) is 1. The minimum atomic E-state index is -0.0820. The lowest BCUT2D eigenvalue weighted by molar-refractivity contribution is 0.0997. The van der Waals surface area contributed by atoms with Crippen LogP contribution in [0, 0.1) is 0 Å². The van der Waals surface area contributed by atoms with E-state index in [4.69, 9.17) is 18.0 Å². The number of amides is 1. The van der Waals surface area contributed by atoms with Crippen molar-refractivity contribution in [3.05, 3.63) is 49.0 Å². The van der Waals surface area contributed by atoms with Gasteiger partial charge in [0, 0.05) is 22.8 Å². The Morgan fingerprint density at radius 2 is 2.05 bits per heavy atom. The predicted molar refractivity (Wildman–Crippen MR) is 94.8 cm³/mol. The number of thiocarbonyl (C=S) groups is 1. The van der Waals surface area contributed by atoms with Gasteiger partial charge in [0.1, 0.15) is 4.99 Å². The average molecular weight is 434 g/mol. The topological polar surface area (TPSA) is 46.3 Å². The van der Waals surface area contributed by atoms with Crippen molar-refractivity contribution >= 4 is 72.0 Å². The summed E-state index contributed by atoms with van der Waals surface area (Å²) in [5, 5.41) is 0. The number of carbonyl (C=O) groups is 1. The Hall–Kier alpha value is -0.760. The SMILES string of the molecule is CN(C(=O)c1cc(Br)c(Br)s1)c1cccc(C(N)=S)c1. The van der Waals surface area contributed by atoms with Crippen LogP contribution in [0.2, 0.25) is 0 Å². The van der Waals surface area contributed by atoms with Crippen LogP contribution in [-0.2, 0) is 0 Å². The fourth-order valence-electron chi connectivity index (χ4n) is 1.60. The quantitative estimate of drug-likeness (QED) is 0.738. The molecule has 0 atom stereocenters. The molecule has 2 rings (SSSR count). The minimum absolute atomic E-state index is 0.0820. The van der Waals surface area contributed by atoms with Gasteiger partial charge in [0.2, 0.25) is 0 Å². The number of carbonyl (C=O) groups excluding carboxylic acids is 1. The van der Waals surface area contributed by atoms with Gasteiger partial charge in [0.05, 0.1) is 8.66 Å². The summed E-state index contributed by atoms with van der Waals surface area (Å²) in [6.45, 7) is 0. The highest BCUT2D eigenvalue weighted by molar-refractivity contribution is 9.13. The van der Waals surface area contributed by atoms with Gasteiger partial charge in [0.25, 0.3) is 5.91 Å². The van der Waals surface area contributed by atoms with E-state index in [0.717, 1.165) is 19.5 Å². The van der Waals surface area contributed by atoms with Crippen LogP contribution in [0.4, 0.5) is 5.69 Å². The first-order valence-corrected chi connectivity index (χ1v) is 8.34. The molecule has 0 saturated heterocycles. The van der Waals surface area contributed by atoms with Gasteiger partial charge in [-0.2, -0.15) is 0 Å². The first-order chi connectivity index (χ1) is 9.40. The normalized spacial score (nSPS) is 10.3. The lowest BCUT2D eigenvalue weighted by atomic mass is 10.2. The molecule has 1 heterocycles. The Balaban J connectivity index is 2.31. The number of rotatable bonds is 3. The van der Waals surface area contributed by atoms with E-state index in [9.17, 15) is 4.79 Å². The minimum Gasteiger partial charge on any atom is -0.389 e. The Bertz CT molecular complexity index is 665. The first kappa shape index (κ1) is 15.6. The van der Waals surface area contributed by atoms with Gasteiger partial charge >= 0.3 is 0 Å². The molecule has 0 fully saturated rings. The summed E-state index contributed by atoms with van der Waals surface area (Å²) in [7, 11) is 1.72. The molecule has 1 aromatic heterocycles. The summed E-state index contributed by atoms with van der Waals surface area (Å²) in [5.41, 5.74) is 7.10. The molecule has 1 aromatic carbocycles. The van der Waals surface area contributed by atoms with Crippen LogP contribution in [0.15, 0.2) is 38.6 Å². The van der Waals surface area contributed by atoms with Crippen LogP contribution in [0.3, 0.4) is 0 Å². The van der Waals surface area contributed by atoms with Crippen LogP contribution in [0.1, 0.15) is 15.2 Å². The lowest BCUT2D eigenvalue weighted by Gasteiger charge is -2.17. The van der Waals surface area contributed by atoms with E-state index in [0.29, 0.717) is 9.87 Å². The maximum Gasteiger partial charge on any atom is 0.268 e. The zero-order valence-electron chi connectivity index (χ0n) is 10.4. The van der Waals surface area contributed by atoms with E-state index in [1.807, 2.05) is 18.2 Å². The molecule has 0 spiro atoms. The van der Waals surface area contributed by atoms with Crippen LogP contribution < -0.4 is 10.6 Å². The molecule has 0 saturated carbocycles. The maximum absolute atomic E-state index is 12.4. The van der Waals surface area contributed by atoms with Crippen LogP contribution in [0.25, 0.3) is 0 Å². The molecule has 0 aliphatic heterocycles. The second kappa shape index (κ2) is 6.34. The Morgan fingerprint density at radius 1 is 1.35 bits per heavy atom. The van der Waals surface area contributed by atoms with Crippen molar-refractivity contribution in [3.8, 4) is 0 Å². The van der Waals surface area contributed by atoms with E-state index >= 15 is 0 Å². The summed E-state index contributed by atoms with van der Waals surface area (Å²) in [5.74, 6) is -0.0820. The standard InChI is InChI=1S/C13H10Br2N2OS2/c1-17(8-4-2-3-7(5-8)12(16)19)13(18)10-6-9(14)11(15)20-10/h2-6H,1H3,(H2,16,19). The fraction of sp³-hybridized carbons (Fsp3) is 0.0769. The molecule has 3 nitrogen and oxygen atoms in total. The smallest absolute Gasteiger partial charge is 0.268 e. The van der Waals surface area contributed by atoms with Crippen LogP contribution in [-0.4, -0.2) is 17.9 Å². The van der Waals surface area contributed by atoms with Gasteiger partial charge < -0.3 is 10.6 Å². The fourth-order valence-corrected chi connectivity index (χ4v) is 3.74. The number of benzene rings is 1. The summed E-state index contributed by atoms with van der Waals surface area (Å²) in [4.78, 5) is 15.0. The molecule has 0 bridgehead atoms. The first-order valence-electron chi connectivity index (χ1n) is 5.53. The van der Waals surface area contributed by atoms with Crippen molar-refractivity contribution in [3.63, 3.8) is 0 Å². The van der Waals surface area contributed by atoms with E-state index in [-0.39, 0.29) is 5.91 Å². The van der Waals surface area contributed by atoms with Crippen molar-refractivity contribution in [1.29, 1.82) is 0 Å².